The molecule has 6 heteroatoms. The van der Waals surface area contributed by atoms with Crippen LogP contribution in [0.15, 0.2) is 0 Å². The summed E-state index contributed by atoms with van der Waals surface area (Å²) >= 11 is 0. The molecule has 0 aliphatic heterocycles. The van der Waals surface area contributed by atoms with Gasteiger partial charge in [-0.05, 0) is 20.8 Å². The molecule has 0 radical (unpaired) electrons. The molecule has 0 saturated heterocycles. The Labute approximate surface area is 121 Å². The second-order valence-corrected chi connectivity index (χ2v) is 7.28. The Morgan fingerprint density at radius 3 is 2.44 bits per heavy atom. The quantitative estimate of drug-likeness (QED) is 0.507. The molecule has 0 fully saturated rings. The van der Waals surface area contributed by atoms with E-state index in [9.17, 15) is 9.59 Å². The van der Waals surface area contributed by atoms with Gasteiger partial charge in [0.15, 0.2) is 0 Å². The maximum Gasteiger partial charge on any atom is 0.221 e. The van der Waals surface area contributed by atoms with Crippen molar-refractivity contribution in [2.45, 2.75) is 51.8 Å². The summed E-state index contributed by atoms with van der Waals surface area (Å²) in [5, 5.41) is 5.91. The van der Waals surface area contributed by atoms with E-state index in [0.717, 1.165) is 5.75 Å². The number of carbonyl (C=O) groups is 2. The standard InChI is InChI=1S/C12H24N2O2S2.2H2/c1-5-13-12(16)8-10(4)18-17-7-6-11(15)14-9(2)3;;/h9-10H,5-8H2,1-4H3,(H,13,16)(H,14,15);2*1H. The van der Waals surface area contributed by atoms with Gasteiger partial charge in [0.1, 0.15) is 0 Å². The maximum atomic E-state index is 11.4. The molecule has 1 unspecified atom stereocenters. The van der Waals surface area contributed by atoms with Crippen molar-refractivity contribution in [3.8, 4) is 0 Å². The summed E-state index contributed by atoms with van der Waals surface area (Å²) in [7, 11) is 3.32. The van der Waals surface area contributed by atoms with Crippen molar-refractivity contribution in [2.75, 3.05) is 12.3 Å². The van der Waals surface area contributed by atoms with E-state index < -0.39 is 0 Å². The highest BCUT2D eigenvalue weighted by Gasteiger charge is 2.09. The normalized spacial score (nSPS) is 12.3. The molecule has 0 aliphatic rings. The summed E-state index contributed by atoms with van der Waals surface area (Å²) in [4.78, 5) is 22.7. The van der Waals surface area contributed by atoms with Crippen LogP contribution in [-0.2, 0) is 9.59 Å². The van der Waals surface area contributed by atoms with Crippen LogP contribution in [0.2, 0.25) is 0 Å². The first-order chi connectivity index (χ1) is 8.45. The first-order valence-electron chi connectivity index (χ1n) is 6.30. The lowest BCUT2D eigenvalue weighted by atomic mass is 10.3. The van der Waals surface area contributed by atoms with Gasteiger partial charge in [-0.3, -0.25) is 9.59 Å². The second kappa shape index (κ2) is 10.6. The summed E-state index contributed by atoms with van der Waals surface area (Å²) in [5.41, 5.74) is 0. The number of rotatable bonds is 9. The Hall–Kier alpha value is -0.360. The zero-order valence-corrected chi connectivity index (χ0v) is 13.2. The highest BCUT2D eigenvalue weighted by molar-refractivity contribution is 8.76. The summed E-state index contributed by atoms with van der Waals surface area (Å²) < 4.78 is 0. The smallest absolute Gasteiger partial charge is 0.221 e. The van der Waals surface area contributed by atoms with Crippen molar-refractivity contribution in [1.29, 1.82) is 0 Å². The van der Waals surface area contributed by atoms with Crippen molar-refractivity contribution in [2.24, 2.45) is 0 Å². The SMILES string of the molecule is CCNC(=O)CC(C)SSCCC(=O)NC(C)C.[HH].[HH]. The van der Waals surface area contributed by atoms with Crippen molar-refractivity contribution < 1.29 is 12.4 Å². The molecule has 0 aromatic heterocycles. The molecule has 0 aliphatic carbocycles. The van der Waals surface area contributed by atoms with Crippen LogP contribution in [0.25, 0.3) is 0 Å². The predicted molar refractivity (Wildman–Crippen MR) is 84.9 cm³/mol. The van der Waals surface area contributed by atoms with Gasteiger partial charge in [0, 0.05) is 39.3 Å². The molecule has 0 aromatic carbocycles. The number of hydrogen-bond donors (Lipinski definition) is 2. The summed E-state index contributed by atoms with van der Waals surface area (Å²) in [6.07, 6.45) is 1.06. The fraction of sp³-hybridized carbons (Fsp3) is 0.833. The molecular weight excluding hydrogens is 268 g/mol. The number of nitrogens with one attached hydrogen (secondary N) is 2. The Bertz CT molecular complexity index is 270. The largest absolute Gasteiger partial charge is 0.356 e. The van der Waals surface area contributed by atoms with E-state index in [2.05, 4.69) is 10.6 Å². The molecule has 0 heterocycles. The van der Waals surface area contributed by atoms with Gasteiger partial charge >= 0.3 is 0 Å². The van der Waals surface area contributed by atoms with E-state index in [1.165, 1.54) is 0 Å². The van der Waals surface area contributed by atoms with Gasteiger partial charge in [0.05, 0.1) is 0 Å². The summed E-state index contributed by atoms with van der Waals surface area (Å²) in [6.45, 7) is 8.53. The molecule has 110 valence electrons. The summed E-state index contributed by atoms with van der Waals surface area (Å²) in [6, 6.07) is 0.201. The van der Waals surface area contributed by atoms with E-state index in [-0.39, 0.29) is 26.0 Å². The van der Waals surface area contributed by atoms with Crippen LogP contribution in [0.3, 0.4) is 0 Å². The van der Waals surface area contributed by atoms with E-state index in [1.54, 1.807) is 21.6 Å². The predicted octanol–water partition coefficient (Wildman–Crippen LogP) is 2.69. The molecule has 18 heavy (non-hydrogen) atoms. The Morgan fingerprint density at radius 2 is 1.89 bits per heavy atom. The number of hydrogen-bond acceptors (Lipinski definition) is 4. The number of carbonyl (C=O) groups excluding carboxylic acids is 2. The zero-order chi connectivity index (χ0) is 14.0. The lowest BCUT2D eigenvalue weighted by Crippen LogP contribution is -2.30. The Kier molecular flexibility index (Phi) is 10.3. The van der Waals surface area contributed by atoms with Crippen molar-refractivity contribution in [3.05, 3.63) is 0 Å². The van der Waals surface area contributed by atoms with E-state index in [0.29, 0.717) is 19.4 Å². The molecule has 0 rings (SSSR count). The van der Waals surface area contributed by atoms with Crippen molar-refractivity contribution in [3.63, 3.8) is 0 Å². The Balaban J connectivity index is -0.00000144. The average molecular weight is 297 g/mol. The minimum absolute atomic E-state index is 0. The first-order valence-corrected chi connectivity index (χ1v) is 8.68. The fourth-order valence-electron chi connectivity index (χ4n) is 1.26. The molecule has 0 spiro atoms. The van der Waals surface area contributed by atoms with Crippen LogP contribution >= 0.6 is 21.6 Å². The third kappa shape index (κ3) is 10.8. The first kappa shape index (κ1) is 17.6. The third-order valence-electron chi connectivity index (χ3n) is 1.94. The molecule has 0 aromatic rings. The van der Waals surface area contributed by atoms with Crippen LogP contribution in [0.1, 0.15) is 43.4 Å². The molecule has 1 atom stereocenters. The number of amides is 2. The lowest BCUT2D eigenvalue weighted by molar-refractivity contribution is -0.121. The monoisotopic (exact) mass is 296 g/mol. The maximum absolute atomic E-state index is 11.4. The van der Waals surface area contributed by atoms with E-state index >= 15 is 0 Å². The van der Waals surface area contributed by atoms with E-state index in [1.807, 2.05) is 27.7 Å². The lowest BCUT2D eigenvalue weighted by Gasteiger charge is -2.10. The highest BCUT2D eigenvalue weighted by atomic mass is 33.1. The van der Waals surface area contributed by atoms with Gasteiger partial charge in [-0.15, -0.1) is 0 Å². The van der Waals surface area contributed by atoms with Gasteiger partial charge in [0.2, 0.25) is 11.8 Å². The molecule has 0 saturated carbocycles. The van der Waals surface area contributed by atoms with Gasteiger partial charge in [-0.2, -0.15) is 0 Å². The van der Waals surface area contributed by atoms with Crippen LogP contribution < -0.4 is 10.6 Å². The second-order valence-electron chi connectivity index (χ2n) is 4.36. The molecule has 2 N–H and O–H groups in total. The van der Waals surface area contributed by atoms with Gasteiger partial charge < -0.3 is 10.6 Å². The van der Waals surface area contributed by atoms with Crippen LogP contribution in [0.5, 0.6) is 0 Å². The van der Waals surface area contributed by atoms with Crippen molar-refractivity contribution in [1.82, 2.24) is 10.6 Å². The molecule has 4 nitrogen and oxygen atoms in total. The highest BCUT2D eigenvalue weighted by Crippen LogP contribution is 2.28. The summed E-state index contributed by atoms with van der Waals surface area (Å²) in [5.74, 6) is 0.966. The minimum Gasteiger partial charge on any atom is -0.356 e. The van der Waals surface area contributed by atoms with Crippen LogP contribution in [0.4, 0.5) is 0 Å². The third-order valence-corrected chi connectivity index (χ3v) is 4.84. The fourth-order valence-corrected chi connectivity index (χ4v) is 3.51. The minimum atomic E-state index is 0. The van der Waals surface area contributed by atoms with Crippen molar-refractivity contribution >= 4 is 33.4 Å². The zero-order valence-electron chi connectivity index (χ0n) is 11.6. The molecule has 0 bridgehead atoms. The topological polar surface area (TPSA) is 58.2 Å². The molecule has 2 amide bonds. The average Bonchev–Trinajstić information content (AvgIpc) is 2.23. The van der Waals surface area contributed by atoms with Gasteiger partial charge in [0.25, 0.3) is 0 Å². The van der Waals surface area contributed by atoms with Crippen LogP contribution in [-0.4, -0.2) is 35.4 Å². The van der Waals surface area contributed by atoms with E-state index in [4.69, 9.17) is 0 Å². The van der Waals surface area contributed by atoms with Gasteiger partial charge in [-0.1, -0.05) is 28.5 Å². The van der Waals surface area contributed by atoms with Gasteiger partial charge in [-0.25, -0.2) is 0 Å². The Morgan fingerprint density at radius 1 is 1.22 bits per heavy atom. The van der Waals surface area contributed by atoms with Crippen LogP contribution in [0, 0.1) is 0 Å². The molecular formula is C12H28N2O2S2.